The van der Waals surface area contributed by atoms with Crippen LogP contribution in [-0.2, 0) is 9.47 Å². The van der Waals surface area contributed by atoms with Crippen molar-refractivity contribution in [2.24, 2.45) is 5.73 Å². The fraction of sp³-hybridized carbons (Fsp3) is 1.00. The minimum atomic E-state index is -0.0680. The zero-order valence-corrected chi connectivity index (χ0v) is 11.5. The predicted octanol–water partition coefficient (Wildman–Crippen LogP) is 1.10. The van der Waals surface area contributed by atoms with Crippen LogP contribution in [0.1, 0.15) is 27.2 Å². The van der Waals surface area contributed by atoms with Crippen LogP contribution in [0.25, 0.3) is 0 Å². The number of ether oxygens (including phenoxy) is 2. The minimum absolute atomic E-state index is 0.0680. The van der Waals surface area contributed by atoms with E-state index in [1.54, 1.807) is 14.2 Å². The van der Waals surface area contributed by atoms with Gasteiger partial charge in [-0.1, -0.05) is 13.8 Å². The smallest absolute Gasteiger partial charge is 0.0659 e. The third kappa shape index (κ3) is 3.70. The zero-order valence-electron chi connectivity index (χ0n) is 11.5. The molecular weight excluding hydrogens is 204 g/mol. The van der Waals surface area contributed by atoms with Gasteiger partial charge in [-0.25, -0.2) is 0 Å². The minimum Gasteiger partial charge on any atom is -0.383 e. The molecule has 0 aliphatic heterocycles. The molecule has 4 heteroatoms. The van der Waals surface area contributed by atoms with Crippen molar-refractivity contribution in [1.29, 1.82) is 0 Å². The number of nitrogens with zero attached hydrogens (tertiary/aromatic N) is 1. The van der Waals surface area contributed by atoms with Crippen LogP contribution in [0.3, 0.4) is 0 Å². The van der Waals surface area contributed by atoms with E-state index in [4.69, 9.17) is 15.2 Å². The van der Waals surface area contributed by atoms with E-state index in [1.807, 2.05) is 0 Å². The monoisotopic (exact) mass is 232 g/mol. The maximum Gasteiger partial charge on any atom is 0.0659 e. The van der Waals surface area contributed by atoms with E-state index in [9.17, 15) is 0 Å². The van der Waals surface area contributed by atoms with E-state index in [0.717, 1.165) is 19.6 Å². The van der Waals surface area contributed by atoms with Crippen molar-refractivity contribution in [1.82, 2.24) is 4.90 Å². The lowest BCUT2D eigenvalue weighted by Gasteiger charge is -2.45. The van der Waals surface area contributed by atoms with Gasteiger partial charge in [0.25, 0.3) is 0 Å². The Morgan fingerprint density at radius 2 is 1.88 bits per heavy atom. The van der Waals surface area contributed by atoms with Crippen LogP contribution in [0, 0.1) is 0 Å². The lowest BCUT2D eigenvalue weighted by atomic mass is 9.93. The number of hydrogen-bond donors (Lipinski definition) is 1. The topological polar surface area (TPSA) is 47.7 Å². The lowest BCUT2D eigenvalue weighted by molar-refractivity contribution is -0.0265. The molecular formula is C12H28N2O2. The highest BCUT2D eigenvalue weighted by atomic mass is 16.5. The van der Waals surface area contributed by atoms with Crippen LogP contribution in [0.5, 0.6) is 0 Å². The third-order valence-electron chi connectivity index (χ3n) is 3.34. The number of methoxy groups -OCH3 is 2. The molecule has 0 aliphatic carbocycles. The van der Waals surface area contributed by atoms with E-state index in [1.165, 1.54) is 0 Å². The van der Waals surface area contributed by atoms with Crippen LogP contribution in [0.4, 0.5) is 0 Å². The van der Waals surface area contributed by atoms with Gasteiger partial charge in [0.2, 0.25) is 0 Å². The Morgan fingerprint density at radius 3 is 2.19 bits per heavy atom. The molecule has 98 valence electrons. The quantitative estimate of drug-likeness (QED) is 0.646. The number of nitrogens with two attached hydrogens (primary N) is 1. The van der Waals surface area contributed by atoms with Gasteiger partial charge in [-0.15, -0.1) is 0 Å². The maximum absolute atomic E-state index is 5.95. The van der Waals surface area contributed by atoms with E-state index < -0.39 is 0 Å². The highest BCUT2D eigenvalue weighted by molar-refractivity contribution is 4.92. The summed E-state index contributed by atoms with van der Waals surface area (Å²) in [6.45, 7) is 9.44. The average molecular weight is 232 g/mol. The summed E-state index contributed by atoms with van der Waals surface area (Å²) in [5.41, 5.74) is 5.88. The van der Waals surface area contributed by atoms with E-state index >= 15 is 0 Å². The first-order valence-corrected chi connectivity index (χ1v) is 6.06. The van der Waals surface area contributed by atoms with Crippen molar-refractivity contribution in [2.45, 2.75) is 38.8 Å². The molecule has 0 aromatic carbocycles. The zero-order chi connectivity index (χ0) is 12.6. The van der Waals surface area contributed by atoms with Crippen LogP contribution in [0.15, 0.2) is 0 Å². The summed E-state index contributed by atoms with van der Waals surface area (Å²) in [5, 5.41) is 0. The number of likely N-dealkylation sites (N-methyl/N-ethyl adjacent to an activating group) is 1. The number of rotatable bonds is 9. The Hall–Kier alpha value is -0.160. The Bertz CT molecular complexity index is 172. The molecule has 4 nitrogen and oxygen atoms in total. The summed E-state index contributed by atoms with van der Waals surface area (Å²) in [6, 6.07) is 0.355. The lowest BCUT2D eigenvalue weighted by Crippen LogP contribution is -2.60. The van der Waals surface area contributed by atoms with Gasteiger partial charge in [0.1, 0.15) is 0 Å². The predicted molar refractivity (Wildman–Crippen MR) is 67.7 cm³/mol. The molecule has 2 N–H and O–H groups in total. The van der Waals surface area contributed by atoms with Gasteiger partial charge in [0.05, 0.1) is 18.8 Å². The first-order valence-electron chi connectivity index (χ1n) is 6.06. The van der Waals surface area contributed by atoms with Gasteiger partial charge < -0.3 is 15.2 Å². The van der Waals surface area contributed by atoms with Crippen LogP contribution < -0.4 is 5.73 Å². The first-order chi connectivity index (χ1) is 7.61. The maximum atomic E-state index is 5.95. The number of hydrogen-bond acceptors (Lipinski definition) is 4. The van der Waals surface area contributed by atoms with Gasteiger partial charge in [-0.2, -0.15) is 0 Å². The van der Waals surface area contributed by atoms with Crippen LogP contribution in [0.2, 0.25) is 0 Å². The second kappa shape index (κ2) is 8.01. The van der Waals surface area contributed by atoms with E-state index in [2.05, 4.69) is 25.7 Å². The van der Waals surface area contributed by atoms with Gasteiger partial charge in [0.15, 0.2) is 0 Å². The normalized spacial score (nSPS) is 17.4. The molecule has 2 atom stereocenters. The molecule has 0 aromatic rings. The SMILES string of the molecule is CCN(C(C)COC)C(CC)(CN)COC. The highest BCUT2D eigenvalue weighted by Crippen LogP contribution is 2.22. The summed E-state index contributed by atoms with van der Waals surface area (Å²) < 4.78 is 10.6. The van der Waals surface area contributed by atoms with Crippen LogP contribution >= 0.6 is 0 Å². The van der Waals surface area contributed by atoms with Crippen molar-refractivity contribution in [2.75, 3.05) is 40.5 Å². The van der Waals surface area contributed by atoms with E-state index in [-0.39, 0.29) is 5.54 Å². The fourth-order valence-corrected chi connectivity index (χ4v) is 2.42. The van der Waals surface area contributed by atoms with Gasteiger partial charge in [-0.3, -0.25) is 4.90 Å². The van der Waals surface area contributed by atoms with Crippen LogP contribution in [-0.4, -0.2) is 57.0 Å². The summed E-state index contributed by atoms with van der Waals surface area (Å²) in [6.07, 6.45) is 0.985. The van der Waals surface area contributed by atoms with Gasteiger partial charge in [-0.05, 0) is 19.9 Å². The molecule has 0 spiro atoms. The summed E-state index contributed by atoms with van der Waals surface area (Å²) in [4.78, 5) is 2.39. The van der Waals surface area contributed by atoms with Crippen molar-refractivity contribution < 1.29 is 9.47 Å². The second-order valence-corrected chi connectivity index (χ2v) is 4.31. The molecule has 16 heavy (non-hydrogen) atoms. The molecule has 0 fully saturated rings. The van der Waals surface area contributed by atoms with Gasteiger partial charge in [0, 0.05) is 26.8 Å². The Labute approximate surface area is 100 Å². The molecule has 0 heterocycles. The summed E-state index contributed by atoms with van der Waals surface area (Å²) >= 11 is 0. The summed E-state index contributed by atoms with van der Waals surface area (Å²) in [5.74, 6) is 0. The molecule has 0 saturated carbocycles. The fourth-order valence-electron chi connectivity index (χ4n) is 2.42. The molecule has 2 unspecified atom stereocenters. The summed E-state index contributed by atoms with van der Waals surface area (Å²) in [7, 11) is 3.46. The van der Waals surface area contributed by atoms with Gasteiger partial charge >= 0.3 is 0 Å². The van der Waals surface area contributed by atoms with E-state index in [0.29, 0.717) is 19.2 Å². The molecule has 0 saturated heterocycles. The molecule has 0 rings (SSSR count). The molecule has 0 aromatic heterocycles. The molecule has 0 bridgehead atoms. The Morgan fingerprint density at radius 1 is 1.25 bits per heavy atom. The Balaban J connectivity index is 4.81. The van der Waals surface area contributed by atoms with Crippen molar-refractivity contribution in [3.63, 3.8) is 0 Å². The van der Waals surface area contributed by atoms with Crippen molar-refractivity contribution >= 4 is 0 Å². The first kappa shape index (κ1) is 15.8. The second-order valence-electron chi connectivity index (χ2n) is 4.31. The molecule has 0 aliphatic rings. The molecule has 0 amide bonds. The standard InChI is InChI=1S/C12H28N2O2/c1-6-12(9-13,10-16-5)14(7-2)11(3)8-15-4/h11H,6-10,13H2,1-5H3. The molecule has 0 radical (unpaired) electrons. The third-order valence-corrected chi connectivity index (χ3v) is 3.34. The highest BCUT2D eigenvalue weighted by Gasteiger charge is 2.35. The largest absolute Gasteiger partial charge is 0.383 e. The van der Waals surface area contributed by atoms with Crippen molar-refractivity contribution in [3.8, 4) is 0 Å². The Kier molecular flexibility index (Phi) is 7.93. The average Bonchev–Trinajstić information content (AvgIpc) is 2.29. The van der Waals surface area contributed by atoms with Crippen molar-refractivity contribution in [3.05, 3.63) is 0 Å².